The first kappa shape index (κ1) is 19.7. The van der Waals surface area contributed by atoms with Crippen LogP contribution in [0.2, 0.25) is 5.02 Å². The molecule has 0 aliphatic rings. The molecular formula is C16H15ClN2O6S. The number of carbonyl (C=O) groups is 2. The maximum Gasteiger partial charge on any atom is 0.349 e. The second-order valence-electron chi connectivity index (χ2n) is 5.09. The molecule has 1 aromatic carbocycles. The quantitative estimate of drug-likeness (QED) is 0.385. The number of thiophene rings is 1. The lowest BCUT2D eigenvalue weighted by atomic mass is 10.3. The molecule has 0 unspecified atom stereocenters. The van der Waals surface area contributed by atoms with Crippen LogP contribution in [0.25, 0.3) is 0 Å². The zero-order chi connectivity index (χ0) is 19.1. The predicted octanol–water partition coefficient (Wildman–Crippen LogP) is 3.00. The van der Waals surface area contributed by atoms with E-state index in [1.165, 1.54) is 17.0 Å². The van der Waals surface area contributed by atoms with Crippen molar-refractivity contribution < 1.29 is 24.0 Å². The average Bonchev–Trinajstić information content (AvgIpc) is 3.11. The van der Waals surface area contributed by atoms with Crippen molar-refractivity contribution in [3.05, 3.63) is 56.4 Å². The molecule has 2 rings (SSSR count). The Morgan fingerprint density at radius 1 is 1.23 bits per heavy atom. The normalized spacial score (nSPS) is 10.2. The van der Waals surface area contributed by atoms with Crippen molar-refractivity contribution in [3.8, 4) is 5.75 Å². The lowest BCUT2D eigenvalue weighted by Crippen LogP contribution is -2.34. The van der Waals surface area contributed by atoms with Gasteiger partial charge in [-0.2, -0.15) is 0 Å². The lowest BCUT2D eigenvalue weighted by molar-refractivity contribution is -0.380. The molecule has 0 bridgehead atoms. The van der Waals surface area contributed by atoms with Crippen LogP contribution in [0, 0.1) is 10.1 Å². The highest BCUT2D eigenvalue weighted by Gasteiger charge is 2.18. The number of carbonyl (C=O) groups excluding carboxylic acids is 2. The van der Waals surface area contributed by atoms with Gasteiger partial charge in [-0.05, 0) is 30.3 Å². The minimum absolute atomic E-state index is 0.0678. The SMILES string of the molecule is CN(CCOc1ccc(Cl)cc1)C(=O)COC(=O)c1ccc([N+](=O)[O-])s1. The summed E-state index contributed by atoms with van der Waals surface area (Å²) in [5.41, 5.74) is 0. The molecule has 0 aliphatic heterocycles. The summed E-state index contributed by atoms with van der Waals surface area (Å²) in [5.74, 6) is -0.563. The number of likely N-dealkylation sites (N-methyl/N-ethyl adjacent to an activating group) is 1. The molecule has 10 heteroatoms. The Morgan fingerprint density at radius 2 is 1.92 bits per heavy atom. The van der Waals surface area contributed by atoms with E-state index in [2.05, 4.69) is 0 Å². The summed E-state index contributed by atoms with van der Waals surface area (Å²) in [6.45, 7) is 0.0976. The molecule has 0 N–H and O–H groups in total. The van der Waals surface area contributed by atoms with Gasteiger partial charge in [0.05, 0.1) is 11.5 Å². The van der Waals surface area contributed by atoms with Crippen molar-refractivity contribution >= 4 is 39.8 Å². The summed E-state index contributed by atoms with van der Waals surface area (Å²) in [6.07, 6.45) is 0. The summed E-state index contributed by atoms with van der Waals surface area (Å²) in [5, 5.41) is 11.0. The van der Waals surface area contributed by atoms with Gasteiger partial charge in [0.1, 0.15) is 17.2 Å². The Kier molecular flexibility index (Phi) is 6.93. The van der Waals surface area contributed by atoms with Gasteiger partial charge in [-0.1, -0.05) is 22.9 Å². The van der Waals surface area contributed by atoms with Crippen LogP contribution in [0.3, 0.4) is 0 Å². The van der Waals surface area contributed by atoms with Crippen LogP contribution in [-0.2, 0) is 9.53 Å². The maximum atomic E-state index is 12.0. The van der Waals surface area contributed by atoms with Crippen LogP contribution < -0.4 is 4.74 Å². The zero-order valence-corrected chi connectivity index (χ0v) is 15.3. The van der Waals surface area contributed by atoms with Crippen LogP contribution in [0.1, 0.15) is 9.67 Å². The fraction of sp³-hybridized carbons (Fsp3) is 0.250. The van der Waals surface area contributed by atoms with Crippen LogP contribution >= 0.6 is 22.9 Å². The number of hydrogen-bond acceptors (Lipinski definition) is 7. The van der Waals surface area contributed by atoms with Crippen molar-refractivity contribution in [1.29, 1.82) is 0 Å². The number of ether oxygens (including phenoxy) is 2. The van der Waals surface area contributed by atoms with Crippen molar-refractivity contribution in [1.82, 2.24) is 4.90 Å². The lowest BCUT2D eigenvalue weighted by Gasteiger charge is -2.17. The van der Waals surface area contributed by atoms with Gasteiger partial charge in [-0.3, -0.25) is 14.9 Å². The van der Waals surface area contributed by atoms with Crippen molar-refractivity contribution in [2.75, 3.05) is 26.8 Å². The van der Waals surface area contributed by atoms with E-state index in [9.17, 15) is 19.7 Å². The van der Waals surface area contributed by atoms with E-state index >= 15 is 0 Å². The highest BCUT2D eigenvalue weighted by Crippen LogP contribution is 2.24. The van der Waals surface area contributed by atoms with Gasteiger partial charge >= 0.3 is 11.0 Å². The number of amides is 1. The zero-order valence-electron chi connectivity index (χ0n) is 13.7. The molecule has 26 heavy (non-hydrogen) atoms. The maximum absolute atomic E-state index is 12.0. The van der Waals surface area contributed by atoms with E-state index in [-0.39, 0.29) is 16.5 Å². The summed E-state index contributed by atoms with van der Waals surface area (Å²) < 4.78 is 10.4. The smallest absolute Gasteiger partial charge is 0.349 e. The van der Waals surface area contributed by atoms with E-state index in [4.69, 9.17) is 21.1 Å². The summed E-state index contributed by atoms with van der Waals surface area (Å²) in [6, 6.07) is 9.32. The number of nitrogens with zero attached hydrogens (tertiary/aromatic N) is 2. The molecule has 1 amide bonds. The Morgan fingerprint density at radius 3 is 2.54 bits per heavy atom. The molecule has 0 spiro atoms. The Labute approximate surface area is 158 Å². The predicted molar refractivity (Wildman–Crippen MR) is 95.8 cm³/mol. The van der Waals surface area contributed by atoms with Gasteiger partial charge in [-0.15, -0.1) is 0 Å². The van der Waals surface area contributed by atoms with E-state index in [1.807, 2.05) is 0 Å². The highest BCUT2D eigenvalue weighted by molar-refractivity contribution is 7.17. The topological polar surface area (TPSA) is 99.0 Å². The minimum atomic E-state index is -0.776. The number of halogens is 1. The molecule has 0 saturated carbocycles. The standard InChI is InChI=1S/C16H15ClN2O6S/c1-18(8-9-24-12-4-2-11(17)3-5-12)14(20)10-25-16(21)13-6-7-15(26-13)19(22)23/h2-7H,8-10H2,1H3. The molecule has 1 aromatic heterocycles. The highest BCUT2D eigenvalue weighted by atomic mass is 35.5. The second kappa shape index (κ2) is 9.16. The summed E-state index contributed by atoms with van der Waals surface area (Å²) in [4.78, 5) is 35.2. The Balaban J connectivity index is 1.73. The molecule has 8 nitrogen and oxygen atoms in total. The first-order valence-electron chi connectivity index (χ1n) is 7.40. The van der Waals surface area contributed by atoms with Crippen LogP contribution in [-0.4, -0.2) is 48.5 Å². The second-order valence-corrected chi connectivity index (χ2v) is 6.59. The summed E-state index contributed by atoms with van der Waals surface area (Å²) >= 11 is 6.47. The van der Waals surface area contributed by atoms with Gasteiger partial charge < -0.3 is 14.4 Å². The number of esters is 1. The third-order valence-electron chi connectivity index (χ3n) is 3.23. The van der Waals surface area contributed by atoms with Gasteiger partial charge in [0, 0.05) is 18.1 Å². The monoisotopic (exact) mass is 398 g/mol. The van der Waals surface area contributed by atoms with Gasteiger partial charge in [0.2, 0.25) is 0 Å². The van der Waals surface area contributed by atoms with Crippen molar-refractivity contribution in [2.24, 2.45) is 0 Å². The fourth-order valence-electron chi connectivity index (χ4n) is 1.80. The summed E-state index contributed by atoms with van der Waals surface area (Å²) in [7, 11) is 1.55. The third-order valence-corrected chi connectivity index (χ3v) is 4.50. The number of rotatable bonds is 8. The number of benzene rings is 1. The molecule has 1 heterocycles. The van der Waals surface area contributed by atoms with Crippen LogP contribution in [0.5, 0.6) is 5.75 Å². The van der Waals surface area contributed by atoms with E-state index in [1.54, 1.807) is 31.3 Å². The minimum Gasteiger partial charge on any atom is -0.492 e. The molecular weight excluding hydrogens is 384 g/mol. The molecule has 0 fully saturated rings. The molecule has 138 valence electrons. The average molecular weight is 399 g/mol. The van der Waals surface area contributed by atoms with Crippen molar-refractivity contribution in [2.45, 2.75) is 0 Å². The number of hydrogen-bond donors (Lipinski definition) is 0. The van der Waals surface area contributed by atoms with Gasteiger partial charge in [0.15, 0.2) is 6.61 Å². The van der Waals surface area contributed by atoms with Crippen molar-refractivity contribution in [3.63, 3.8) is 0 Å². The van der Waals surface area contributed by atoms with E-state index in [0.717, 1.165) is 0 Å². The van der Waals surface area contributed by atoms with E-state index in [0.29, 0.717) is 28.7 Å². The van der Waals surface area contributed by atoms with Gasteiger partial charge in [0.25, 0.3) is 5.91 Å². The van der Waals surface area contributed by atoms with Crippen LogP contribution in [0.4, 0.5) is 5.00 Å². The van der Waals surface area contributed by atoms with E-state index < -0.39 is 23.4 Å². The molecule has 0 aliphatic carbocycles. The molecule has 0 atom stereocenters. The molecule has 2 aromatic rings. The first-order chi connectivity index (χ1) is 12.4. The number of nitro groups is 1. The third kappa shape index (κ3) is 5.71. The first-order valence-corrected chi connectivity index (χ1v) is 8.60. The Hall–Kier alpha value is -2.65. The van der Waals surface area contributed by atoms with Gasteiger partial charge in [-0.25, -0.2) is 4.79 Å². The largest absolute Gasteiger partial charge is 0.492 e. The van der Waals surface area contributed by atoms with Crippen LogP contribution in [0.15, 0.2) is 36.4 Å². The Bertz CT molecular complexity index is 792. The molecule has 0 radical (unpaired) electrons. The molecule has 0 saturated heterocycles. The fourth-order valence-corrected chi connectivity index (χ4v) is 2.64.